The van der Waals surface area contributed by atoms with Gasteiger partial charge in [-0.05, 0) is 18.2 Å². The number of fused-ring (bicyclic) bond motifs is 1. The maximum atomic E-state index is 10.7. The average Bonchev–Trinajstić information content (AvgIpc) is 2.15. The molecule has 0 bridgehead atoms. The first-order chi connectivity index (χ1) is 7.50. The fourth-order valence-electron chi connectivity index (χ4n) is 1.38. The molecular formula is C9H5BrClN3O2. The van der Waals surface area contributed by atoms with E-state index in [2.05, 4.69) is 20.9 Å². The largest absolute Gasteiger partial charge is 0.378 e. The Kier molecular flexibility index (Phi) is 2.69. The Balaban J connectivity index is 2.89. The lowest BCUT2D eigenvalue weighted by Crippen LogP contribution is -2.00. The monoisotopic (exact) mass is 301 g/mol. The molecule has 0 aliphatic heterocycles. The highest BCUT2D eigenvalue weighted by Crippen LogP contribution is 2.36. The van der Waals surface area contributed by atoms with Crippen LogP contribution in [0.25, 0.3) is 10.9 Å². The molecule has 2 aromatic rings. The molecule has 1 aromatic heterocycles. The lowest BCUT2D eigenvalue weighted by Gasteiger charge is -2.04. The Morgan fingerprint density at radius 2 is 2.19 bits per heavy atom. The molecule has 16 heavy (non-hydrogen) atoms. The fraction of sp³-hybridized carbons (Fsp3) is 0. The number of benzene rings is 1. The summed E-state index contributed by atoms with van der Waals surface area (Å²) in [6.45, 7) is 0. The van der Waals surface area contributed by atoms with Gasteiger partial charge in [0.1, 0.15) is 5.02 Å². The summed E-state index contributed by atoms with van der Waals surface area (Å²) in [5.74, 6) is -0.180. The maximum Gasteiger partial charge on any atom is 0.330 e. The van der Waals surface area contributed by atoms with Crippen LogP contribution in [0.3, 0.4) is 0 Å². The number of nitrogens with zero attached hydrogens (tertiary/aromatic N) is 2. The molecule has 0 saturated heterocycles. The number of anilines is 1. The third kappa shape index (κ3) is 1.70. The molecule has 0 fully saturated rings. The number of nitrogen functional groups attached to an aromatic ring is 1. The van der Waals surface area contributed by atoms with E-state index in [1.807, 2.05) is 0 Å². The SMILES string of the molecule is Nc1nc2cc(Br)ccc2c(Cl)c1[N+](=O)[O-]. The molecule has 1 aromatic carbocycles. The van der Waals surface area contributed by atoms with E-state index in [1.54, 1.807) is 18.2 Å². The van der Waals surface area contributed by atoms with Crippen LogP contribution in [0.2, 0.25) is 5.02 Å². The lowest BCUT2D eigenvalue weighted by atomic mass is 10.2. The molecule has 0 unspecified atom stereocenters. The van der Waals surface area contributed by atoms with Gasteiger partial charge in [0.2, 0.25) is 5.82 Å². The number of hydrogen-bond acceptors (Lipinski definition) is 4. The lowest BCUT2D eigenvalue weighted by molar-refractivity contribution is -0.383. The van der Waals surface area contributed by atoms with Crippen molar-refractivity contribution in [1.82, 2.24) is 4.98 Å². The van der Waals surface area contributed by atoms with Gasteiger partial charge in [-0.2, -0.15) is 0 Å². The van der Waals surface area contributed by atoms with Crippen LogP contribution in [0.4, 0.5) is 11.5 Å². The number of nitrogens with two attached hydrogens (primary N) is 1. The van der Waals surface area contributed by atoms with Crippen molar-refractivity contribution in [2.24, 2.45) is 0 Å². The second-order valence-electron chi connectivity index (χ2n) is 3.08. The van der Waals surface area contributed by atoms with Crippen molar-refractivity contribution in [2.45, 2.75) is 0 Å². The van der Waals surface area contributed by atoms with Gasteiger partial charge >= 0.3 is 5.69 Å². The highest BCUT2D eigenvalue weighted by atomic mass is 79.9. The summed E-state index contributed by atoms with van der Waals surface area (Å²) in [5, 5.41) is 11.3. The van der Waals surface area contributed by atoms with Crippen molar-refractivity contribution in [2.75, 3.05) is 5.73 Å². The van der Waals surface area contributed by atoms with E-state index in [4.69, 9.17) is 17.3 Å². The van der Waals surface area contributed by atoms with Crippen LogP contribution in [-0.4, -0.2) is 9.91 Å². The van der Waals surface area contributed by atoms with Crippen LogP contribution in [-0.2, 0) is 0 Å². The van der Waals surface area contributed by atoms with Gasteiger partial charge in [0, 0.05) is 9.86 Å². The van der Waals surface area contributed by atoms with E-state index in [0.29, 0.717) is 10.9 Å². The number of halogens is 2. The van der Waals surface area contributed by atoms with Gasteiger partial charge in [-0.3, -0.25) is 10.1 Å². The van der Waals surface area contributed by atoms with Crippen LogP contribution in [0.15, 0.2) is 22.7 Å². The van der Waals surface area contributed by atoms with Gasteiger partial charge in [-0.15, -0.1) is 0 Å². The minimum absolute atomic E-state index is 0.0139. The Hall–Kier alpha value is -1.40. The minimum Gasteiger partial charge on any atom is -0.378 e. The first-order valence-corrected chi connectivity index (χ1v) is 5.36. The molecule has 0 atom stereocenters. The predicted octanol–water partition coefficient (Wildman–Crippen LogP) is 3.14. The second kappa shape index (κ2) is 3.88. The summed E-state index contributed by atoms with van der Waals surface area (Å²) in [6, 6.07) is 5.08. The number of aromatic nitrogens is 1. The molecule has 0 radical (unpaired) electrons. The molecule has 7 heteroatoms. The summed E-state index contributed by atoms with van der Waals surface area (Å²) < 4.78 is 0.803. The van der Waals surface area contributed by atoms with Crippen molar-refractivity contribution >= 4 is 49.9 Å². The normalized spacial score (nSPS) is 10.6. The summed E-state index contributed by atoms with van der Waals surface area (Å²) in [4.78, 5) is 14.1. The van der Waals surface area contributed by atoms with E-state index in [0.717, 1.165) is 4.47 Å². The highest BCUT2D eigenvalue weighted by molar-refractivity contribution is 9.10. The summed E-state index contributed by atoms with van der Waals surface area (Å²) >= 11 is 9.19. The zero-order chi connectivity index (χ0) is 11.9. The molecule has 5 nitrogen and oxygen atoms in total. The van der Waals surface area contributed by atoms with E-state index in [1.165, 1.54) is 0 Å². The van der Waals surface area contributed by atoms with Crippen LogP contribution in [0, 0.1) is 10.1 Å². The zero-order valence-electron chi connectivity index (χ0n) is 7.78. The van der Waals surface area contributed by atoms with E-state index >= 15 is 0 Å². The molecular weight excluding hydrogens is 297 g/mol. The first kappa shape index (κ1) is 11.1. The molecule has 0 amide bonds. The average molecular weight is 303 g/mol. The van der Waals surface area contributed by atoms with Crippen molar-refractivity contribution in [3.05, 3.63) is 37.8 Å². The Morgan fingerprint density at radius 3 is 2.81 bits per heavy atom. The van der Waals surface area contributed by atoms with Gasteiger partial charge in [0.15, 0.2) is 0 Å². The number of rotatable bonds is 1. The van der Waals surface area contributed by atoms with Crippen LogP contribution < -0.4 is 5.73 Å². The van der Waals surface area contributed by atoms with Crippen molar-refractivity contribution < 1.29 is 4.92 Å². The molecule has 2 rings (SSSR count). The molecule has 1 heterocycles. The van der Waals surface area contributed by atoms with Crippen LogP contribution in [0.5, 0.6) is 0 Å². The third-order valence-corrected chi connectivity index (χ3v) is 2.95. The van der Waals surface area contributed by atoms with Gasteiger partial charge < -0.3 is 5.73 Å². The quantitative estimate of drug-likeness (QED) is 0.648. The van der Waals surface area contributed by atoms with E-state index < -0.39 is 4.92 Å². The molecule has 0 spiro atoms. The van der Waals surface area contributed by atoms with Crippen molar-refractivity contribution in [3.63, 3.8) is 0 Å². The third-order valence-electron chi connectivity index (χ3n) is 2.07. The highest BCUT2D eigenvalue weighted by Gasteiger charge is 2.21. The molecule has 0 aliphatic rings. The van der Waals surface area contributed by atoms with Gasteiger partial charge in [0.25, 0.3) is 0 Å². The number of hydrogen-bond donors (Lipinski definition) is 1. The van der Waals surface area contributed by atoms with Crippen molar-refractivity contribution in [3.8, 4) is 0 Å². The zero-order valence-corrected chi connectivity index (χ0v) is 10.1. The Bertz CT molecular complexity index is 603. The second-order valence-corrected chi connectivity index (χ2v) is 4.37. The molecule has 2 N–H and O–H groups in total. The van der Waals surface area contributed by atoms with Crippen LogP contribution in [0.1, 0.15) is 0 Å². The smallest absolute Gasteiger partial charge is 0.330 e. The van der Waals surface area contributed by atoms with Gasteiger partial charge in [0.05, 0.1) is 10.4 Å². The molecule has 0 saturated carbocycles. The minimum atomic E-state index is -0.633. The molecule has 0 aliphatic carbocycles. The van der Waals surface area contributed by atoms with E-state index in [-0.39, 0.29) is 16.5 Å². The summed E-state index contributed by atoms with van der Waals surface area (Å²) in [6.07, 6.45) is 0. The van der Waals surface area contributed by atoms with Gasteiger partial charge in [-0.1, -0.05) is 27.5 Å². The summed E-state index contributed by atoms with van der Waals surface area (Å²) in [7, 11) is 0. The standard InChI is InChI=1S/C9H5BrClN3O2/c10-4-1-2-5-6(3-4)13-9(12)8(7(5)11)14(15)16/h1-3H,(H2,12,13). The Morgan fingerprint density at radius 1 is 1.50 bits per heavy atom. The topological polar surface area (TPSA) is 82.0 Å². The predicted molar refractivity (Wildman–Crippen MR) is 65.5 cm³/mol. The van der Waals surface area contributed by atoms with Crippen molar-refractivity contribution in [1.29, 1.82) is 0 Å². The number of pyridine rings is 1. The maximum absolute atomic E-state index is 10.7. The first-order valence-electron chi connectivity index (χ1n) is 4.19. The van der Waals surface area contributed by atoms with E-state index in [9.17, 15) is 10.1 Å². The number of nitro groups is 1. The Labute approximate surface area is 103 Å². The van der Waals surface area contributed by atoms with Gasteiger partial charge in [-0.25, -0.2) is 4.98 Å². The van der Waals surface area contributed by atoms with Crippen LogP contribution >= 0.6 is 27.5 Å². The summed E-state index contributed by atoms with van der Waals surface area (Å²) in [5.41, 5.74) is 5.65. The fourth-order valence-corrected chi connectivity index (χ4v) is 2.05. The molecule has 82 valence electrons.